The highest BCUT2D eigenvalue weighted by Gasteiger charge is 2.56. The third kappa shape index (κ3) is 1.79. The maximum absolute atomic E-state index is 12.0. The third-order valence-electron chi connectivity index (χ3n) is 1.34. The SMILES string of the molecule is CSOCC1CC1(F)F. The number of halogens is 2. The van der Waals surface area contributed by atoms with Crippen LogP contribution in [0.15, 0.2) is 0 Å². The summed E-state index contributed by atoms with van der Waals surface area (Å²) in [6, 6.07) is 0. The van der Waals surface area contributed by atoms with Crippen molar-refractivity contribution in [3.05, 3.63) is 0 Å². The van der Waals surface area contributed by atoms with Crippen LogP contribution in [-0.4, -0.2) is 18.8 Å². The summed E-state index contributed by atoms with van der Waals surface area (Å²) in [4.78, 5) is 0. The minimum absolute atomic E-state index is 0.00750. The number of hydrogen-bond acceptors (Lipinski definition) is 2. The maximum atomic E-state index is 12.0. The summed E-state index contributed by atoms with van der Waals surface area (Å²) in [7, 11) is 0. The molecule has 0 heterocycles. The fourth-order valence-electron chi connectivity index (χ4n) is 0.601. The standard InChI is InChI=1S/C5H8F2OS/c1-9-8-3-4-2-5(4,6)7/h4H,2-3H2,1H3. The van der Waals surface area contributed by atoms with Crippen molar-refractivity contribution in [2.75, 3.05) is 12.9 Å². The molecule has 1 atom stereocenters. The summed E-state index contributed by atoms with van der Waals surface area (Å²) < 4.78 is 28.8. The van der Waals surface area contributed by atoms with E-state index < -0.39 is 11.8 Å². The number of alkyl halides is 2. The largest absolute Gasteiger partial charge is 0.315 e. The molecule has 0 saturated heterocycles. The van der Waals surface area contributed by atoms with Crippen LogP contribution in [0.5, 0.6) is 0 Å². The molecule has 0 aromatic rings. The molecule has 1 fully saturated rings. The molecule has 0 N–H and O–H groups in total. The van der Waals surface area contributed by atoms with Crippen molar-refractivity contribution in [3.63, 3.8) is 0 Å². The Balaban J connectivity index is 2.06. The summed E-state index contributed by atoms with van der Waals surface area (Å²) in [5.41, 5.74) is 0. The summed E-state index contributed by atoms with van der Waals surface area (Å²) in [6.45, 7) is 0.189. The van der Waals surface area contributed by atoms with Crippen LogP contribution < -0.4 is 0 Å². The van der Waals surface area contributed by atoms with Crippen molar-refractivity contribution in [2.24, 2.45) is 5.92 Å². The van der Waals surface area contributed by atoms with Crippen molar-refractivity contribution in [3.8, 4) is 0 Å². The van der Waals surface area contributed by atoms with Crippen LogP contribution in [0.1, 0.15) is 6.42 Å². The minimum Gasteiger partial charge on any atom is -0.315 e. The Hall–Kier alpha value is 0.170. The van der Waals surface area contributed by atoms with Crippen molar-refractivity contribution in [1.29, 1.82) is 0 Å². The summed E-state index contributed by atoms with van der Waals surface area (Å²) in [6.07, 6.45) is 1.73. The zero-order chi connectivity index (χ0) is 6.91. The molecule has 9 heavy (non-hydrogen) atoms. The van der Waals surface area contributed by atoms with E-state index in [1.54, 1.807) is 6.26 Å². The predicted octanol–water partition coefficient (Wildman–Crippen LogP) is 1.94. The lowest BCUT2D eigenvalue weighted by atomic mass is 10.5. The Kier molecular flexibility index (Phi) is 1.96. The van der Waals surface area contributed by atoms with Gasteiger partial charge < -0.3 is 4.18 Å². The summed E-state index contributed by atoms with van der Waals surface area (Å²) in [5, 5.41) is 0. The first-order chi connectivity index (χ1) is 4.17. The molecular formula is C5H8F2OS. The second-order valence-corrected chi connectivity index (χ2v) is 2.68. The molecule has 0 spiro atoms. The van der Waals surface area contributed by atoms with Gasteiger partial charge in [-0.05, 0) is 12.0 Å². The Morgan fingerprint density at radius 2 is 2.33 bits per heavy atom. The molecule has 0 aliphatic heterocycles. The molecule has 1 aliphatic rings. The molecule has 1 nitrogen and oxygen atoms in total. The molecule has 1 aliphatic carbocycles. The lowest BCUT2D eigenvalue weighted by Gasteiger charge is -1.95. The van der Waals surface area contributed by atoms with E-state index in [-0.39, 0.29) is 13.0 Å². The number of hydrogen-bond donors (Lipinski definition) is 0. The predicted molar refractivity (Wildman–Crippen MR) is 32.5 cm³/mol. The van der Waals surface area contributed by atoms with Gasteiger partial charge >= 0.3 is 0 Å². The zero-order valence-corrected chi connectivity index (χ0v) is 5.88. The lowest BCUT2D eigenvalue weighted by Crippen LogP contribution is -1.98. The molecule has 1 unspecified atom stereocenters. The van der Waals surface area contributed by atoms with Crippen LogP contribution >= 0.6 is 12.0 Å². The van der Waals surface area contributed by atoms with Crippen LogP contribution in [-0.2, 0) is 4.18 Å². The molecule has 1 saturated carbocycles. The van der Waals surface area contributed by atoms with E-state index in [0.717, 1.165) is 12.0 Å². The second-order valence-electron chi connectivity index (χ2n) is 2.11. The van der Waals surface area contributed by atoms with Crippen LogP contribution in [0.2, 0.25) is 0 Å². The van der Waals surface area contributed by atoms with Crippen LogP contribution in [0.25, 0.3) is 0 Å². The van der Waals surface area contributed by atoms with Crippen molar-refractivity contribution in [1.82, 2.24) is 0 Å². The molecule has 0 amide bonds. The molecule has 0 radical (unpaired) electrons. The van der Waals surface area contributed by atoms with E-state index in [1.807, 2.05) is 0 Å². The topological polar surface area (TPSA) is 9.23 Å². The maximum Gasteiger partial charge on any atom is 0.253 e. The fourth-order valence-corrected chi connectivity index (χ4v) is 0.901. The Labute approximate surface area is 57.0 Å². The van der Waals surface area contributed by atoms with Gasteiger partial charge in [-0.1, -0.05) is 0 Å². The average molecular weight is 154 g/mol. The van der Waals surface area contributed by atoms with Gasteiger partial charge in [0.25, 0.3) is 5.92 Å². The first kappa shape index (κ1) is 7.28. The van der Waals surface area contributed by atoms with Crippen LogP contribution in [0.3, 0.4) is 0 Å². The van der Waals surface area contributed by atoms with E-state index in [0.29, 0.717) is 0 Å². The smallest absolute Gasteiger partial charge is 0.253 e. The van der Waals surface area contributed by atoms with Gasteiger partial charge in [0.15, 0.2) is 0 Å². The molecule has 1 rings (SSSR count). The lowest BCUT2D eigenvalue weighted by molar-refractivity contribution is 0.0884. The molecule has 0 aromatic carbocycles. The number of rotatable bonds is 3. The minimum atomic E-state index is -2.42. The van der Waals surface area contributed by atoms with Crippen LogP contribution in [0, 0.1) is 5.92 Å². The van der Waals surface area contributed by atoms with Gasteiger partial charge in [-0.3, -0.25) is 0 Å². The molecule has 0 bridgehead atoms. The van der Waals surface area contributed by atoms with Gasteiger partial charge in [0.05, 0.1) is 12.5 Å². The fraction of sp³-hybridized carbons (Fsp3) is 1.00. The normalized spacial score (nSPS) is 30.3. The van der Waals surface area contributed by atoms with E-state index >= 15 is 0 Å². The highest BCUT2D eigenvalue weighted by molar-refractivity contribution is 7.93. The highest BCUT2D eigenvalue weighted by atomic mass is 32.2. The summed E-state index contributed by atoms with van der Waals surface area (Å²) in [5.74, 6) is -2.93. The average Bonchev–Trinajstić information content (AvgIpc) is 2.35. The van der Waals surface area contributed by atoms with Gasteiger partial charge in [-0.25, -0.2) is 8.78 Å². The van der Waals surface area contributed by atoms with Gasteiger partial charge in [-0.15, -0.1) is 0 Å². The highest BCUT2D eigenvalue weighted by Crippen LogP contribution is 2.48. The van der Waals surface area contributed by atoms with Gasteiger partial charge in [-0.2, -0.15) is 0 Å². The summed E-state index contributed by atoms with van der Waals surface area (Å²) >= 11 is 1.14. The molecule has 0 aromatic heterocycles. The van der Waals surface area contributed by atoms with Crippen molar-refractivity contribution >= 4 is 12.0 Å². The zero-order valence-electron chi connectivity index (χ0n) is 5.06. The van der Waals surface area contributed by atoms with Gasteiger partial charge in [0, 0.05) is 12.7 Å². The van der Waals surface area contributed by atoms with Crippen LogP contribution in [0.4, 0.5) is 8.78 Å². The molecule has 54 valence electrons. The molecular weight excluding hydrogens is 146 g/mol. The quantitative estimate of drug-likeness (QED) is 0.574. The Morgan fingerprint density at radius 3 is 2.67 bits per heavy atom. The second kappa shape index (κ2) is 2.42. The van der Waals surface area contributed by atoms with Gasteiger partial charge in [0.2, 0.25) is 0 Å². The van der Waals surface area contributed by atoms with Gasteiger partial charge in [0.1, 0.15) is 0 Å². The molecule has 4 heteroatoms. The third-order valence-corrected chi connectivity index (χ3v) is 1.71. The van der Waals surface area contributed by atoms with Crippen molar-refractivity contribution in [2.45, 2.75) is 12.3 Å². The monoisotopic (exact) mass is 154 g/mol. The van der Waals surface area contributed by atoms with Crippen molar-refractivity contribution < 1.29 is 13.0 Å². The van der Waals surface area contributed by atoms with E-state index in [1.165, 1.54) is 0 Å². The first-order valence-electron chi connectivity index (χ1n) is 2.70. The van der Waals surface area contributed by atoms with E-state index in [4.69, 9.17) is 4.18 Å². The Bertz CT molecular complexity index is 107. The van der Waals surface area contributed by atoms with E-state index in [2.05, 4.69) is 0 Å². The van der Waals surface area contributed by atoms with E-state index in [9.17, 15) is 8.78 Å². The Morgan fingerprint density at radius 1 is 1.78 bits per heavy atom. The first-order valence-corrected chi connectivity index (χ1v) is 3.85.